The second-order valence-electron chi connectivity index (χ2n) is 11.0. The molecule has 0 aliphatic carbocycles. The van der Waals surface area contributed by atoms with E-state index in [9.17, 15) is 10.1 Å². The van der Waals surface area contributed by atoms with Gasteiger partial charge in [0.15, 0.2) is 0 Å². The number of ether oxygens (including phenoxy) is 1. The summed E-state index contributed by atoms with van der Waals surface area (Å²) in [7, 11) is 1.38. The highest BCUT2D eigenvalue weighted by Crippen LogP contribution is 2.45. The van der Waals surface area contributed by atoms with Crippen LogP contribution in [-0.2, 0) is 22.2 Å². The van der Waals surface area contributed by atoms with Crippen LogP contribution in [0.4, 0.5) is 0 Å². The summed E-state index contributed by atoms with van der Waals surface area (Å²) >= 11 is 0. The number of carbonyl (C=O) groups excluding carboxylic acids is 1. The fourth-order valence-electron chi connectivity index (χ4n) is 5.72. The van der Waals surface area contributed by atoms with Crippen molar-refractivity contribution in [2.45, 2.75) is 38.3 Å². The van der Waals surface area contributed by atoms with Gasteiger partial charge in [0.1, 0.15) is 5.54 Å². The lowest BCUT2D eigenvalue weighted by atomic mass is 9.76. The number of rotatable bonds is 8. The van der Waals surface area contributed by atoms with Crippen molar-refractivity contribution in [3.63, 3.8) is 0 Å². The number of allylic oxidation sites excluding steroid dienone is 1. The smallest absolute Gasteiger partial charge is 0.337 e. The van der Waals surface area contributed by atoms with E-state index in [1.54, 1.807) is 6.07 Å². The Morgan fingerprint density at radius 1 is 0.833 bits per heavy atom. The predicted molar refractivity (Wildman–Crippen MR) is 172 cm³/mol. The molecule has 6 heteroatoms. The Labute approximate surface area is 259 Å². The first-order valence-corrected chi connectivity index (χ1v) is 13.8. The van der Waals surface area contributed by atoms with Gasteiger partial charge in [-0.2, -0.15) is 5.26 Å². The Morgan fingerprint density at radius 3 is 1.79 bits per heavy atom. The van der Waals surface area contributed by atoms with Crippen LogP contribution in [0.5, 0.6) is 0 Å². The minimum atomic E-state index is -0.746. The lowest BCUT2D eigenvalue weighted by Gasteiger charge is -2.44. The Bertz CT molecular complexity index is 1500. The van der Waals surface area contributed by atoms with Crippen molar-refractivity contribution >= 4 is 23.0 Å². The third kappa shape index (κ3) is 5.70. The monoisotopic (exact) mass is 621 g/mol. The Kier molecular flexibility index (Phi) is 9.23. The Morgan fingerprint density at radius 2 is 1.33 bits per heavy atom. The van der Waals surface area contributed by atoms with Crippen LogP contribution in [0.1, 0.15) is 58.9 Å². The summed E-state index contributed by atoms with van der Waals surface area (Å²) in [6.07, 6.45) is 2.23. The fourth-order valence-corrected chi connectivity index (χ4v) is 5.72. The zero-order valence-electron chi connectivity index (χ0n) is 24.5. The van der Waals surface area contributed by atoms with E-state index in [1.165, 1.54) is 23.8 Å². The van der Waals surface area contributed by atoms with E-state index in [0.717, 1.165) is 16.8 Å². The highest BCUT2D eigenvalue weighted by Gasteiger charge is 2.43. The number of esters is 1. The van der Waals surface area contributed by atoms with Crippen LogP contribution in [0.25, 0.3) is 0 Å². The quantitative estimate of drug-likeness (QED) is 0.148. The molecule has 5 rings (SSSR count). The summed E-state index contributed by atoms with van der Waals surface area (Å²) in [4.78, 5) is 17.3. The third-order valence-corrected chi connectivity index (χ3v) is 7.96. The van der Waals surface area contributed by atoms with Crippen molar-refractivity contribution in [3.05, 3.63) is 154 Å². The average Bonchev–Trinajstić information content (AvgIpc) is 3.38. The molecule has 5 nitrogen and oxygen atoms in total. The molecule has 0 saturated carbocycles. The van der Waals surface area contributed by atoms with Crippen molar-refractivity contribution in [2.75, 3.05) is 13.8 Å². The summed E-state index contributed by atoms with van der Waals surface area (Å²) in [6, 6.07) is 39.9. The summed E-state index contributed by atoms with van der Waals surface area (Å²) in [5.74, 6) is -0.409. The van der Waals surface area contributed by atoms with Gasteiger partial charge in [-0.05, 0) is 60.7 Å². The molecule has 0 saturated heterocycles. The number of halogens is 1. The van der Waals surface area contributed by atoms with Crippen molar-refractivity contribution in [1.82, 2.24) is 9.80 Å². The van der Waals surface area contributed by atoms with Gasteiger partial charge in [-0.1, -0.05) is 97.1 Å². The molecule has 1 aliphatic heterocycles. The first-order chi connectivity index (χ1) is 19.8. The van der Waals surface area contributed by atoms with E-state index in [0.29, 0.717) is 18.8 Å². The SMILES string of the molecule is Br.COC(=O)c1cc(CN2CN(C(c3ccccc3)(c3ccccc3)c3ccccc3)C=C2C)cc(C(C)(C)C#N)c1. The molecule has 0 spiro atoms. The molecule has 4 aromatic carbocycles. The molecule has 4 aromatic rings. The van der Waals surface area contributed by atoms with Gasteiger partial charge in [-0.3, -0.25) is 0 Å². The number of hydrogen-bond acceptors (Lipinski definition) is 5. The molecule has 0 bridgehead atoms. The first kappa shape index (κ1) is 30.6. The van der Waals surface area contributed by atoms with Crippen LogP contribution < -0.4 is 0 Å². The fraction of sp³-hybridized carbons (Fsp3) is 0.222. The number of methoxy groups -OCH3 is 1. The maximum atomic E-state index is 12.6. The first-order valence-electron chi connectivity index (χ1n) is 13.8. The molecule has 0 amide bonds. The highest BCUT2D eigenvalue weighted by atomic mass is 79.9. The number of hydrogen-bond donors (Lipinski definition) is 0. The molecule has 0 fully saturated rings. The molecule has 0 aromatic heterocycles. The maximum absolute atomic E-state index is 12.6. The lowest BCUT2D eigenvalue weighted by molar-refractivity contribution is 0.0600. The standard InChI is InChI=1S/C36H35N3O2.BrH/c1-27-23-39(26-38(27)24-28-20-29(34(40)41-4)22-33(21-28)35(2,3)25-37)36(30-14-8-5-9-15-30,31-16-10-6-11-17-31)32-18-12-7-13-19-32;/h5-23H,24,26H2,1-4H3;1H. The zero-order chi connectivity index (χ0) is 29.0. The minimum absolute atomic E-state index is 0. The van der Waals surface area contributed by atoms with Crippen LogP contribution in [0.2, 0.25) is 0 Å². The van der Waals surface area contributed by atoms with Crippen LogP contribution in [-0.4, -0.2) is 29.5 Å². The maximum Gasteiger partial charge on any atom is 0.337 e. The normalized spacial score (nSPS) is 13.2. The molecular weight excluding hydrogens is 586 g/mol. The van der Waals surface area contributed by atoms with Gasteiger partial charge in [0.25, 0.3) is 0 Å². The van der Waals surface area contributed by atoms with Gasteiger partial charge in [-0.15, -0.1) is 17.0 Å². The van der Waals surface area contributed by atoms with E-state index in [1.807, 2.05) is 26.0 Å². The zero-order valence-corrected chi connectivity index (χ0v) is 26.2. The van der Waals surface area contributed by atoms with Gasteiger partial charge in [-0.25, -0.2) is 4.79 Å². The van der Waals surface area contributed by atoms with Crippen LogP contribution in [0.15, 0.2) is 121 Å². The van der Waals surface area contributed by atoms with Crippen LogP contribution in [0, 0.1) is 11.3 Å². The predicted octanol–water partition coefficient (Wildman–Crippen LogP) is 7.78. The molecule has 0 radical (unpaired) electrons. The van der Waals surface area contributed by atoms with E-state index in [-0.39, 0.29) is 17.0 Å². The molecule has 42 heavy (non-hydrogen) atoms. The summed E-state index contributed by atoms with van der Waals surface area (Å²) < 4.78 is 5.04. The molecule has 0 unspecified atom stereocenters. The summed E-state index contributed by atoms with van der Waals surface area (Å²) in [6.45, 7) is 7.06. The van der Waals surface area contributed by atoms with Gasteiger partial charge >= 0.3 is 5.97 Å². The number of benzene rings is 4. The van der Waals surface area contributed by atoms with Crippen molar-refractivity contribution < 1.29 is 9.53 Å². The summed E-state index contributed by atoms with van der Waals surface area (Å²) in [5, 5.41) is 9.81. The number of carbonyl (C=O) groups is 1. The second kappa shape index (κ2) is 12.7. The topological polar surface area (TPSA) is 56.6 Å². The molecule has 1 heterocycles. The van der Waals surface area contributed by atoms with E-state index in [2.05, 4.69) is 120 Å². The van der Waals surface area contributed by atoms with Crippen molar-refractivity contribution in [2.24, 2.45) is 0 Å². The second-order valence-corrected chi connectivity index (χ2v) is 11.0. The Hall–Kier alpha value is -4.34. The molecule has 0 N–H and O–H groups in total. The lowest BCUT2D eigenvalue weighted by Crippen LogP contribution is -2.46. The van der Waals surface area contributed by atoms with E-state index >= 15 is 0 Å². The minimum Gasteiger partial charge on any atom is -0.465 e. The molecule has 214 valence electrons. The number of nitrogens with zero attached hydrogens (tertiary/aromatic N) is 3. The molecular formula is C36H36BrN3O2. The molecule has 1 aliphatic rings. The Balaban J connectivity index is 0.00000405. The van der Waals surface area contributed by atoms with E-state index < -0.39 is 16.9 Å². The highest BCUT2D eigenvalue weighted by molar-refractivity contribution is 8.93. The van der Waals surface area contributed by atoms with Gasteiger partial charge in [0.05, 0.1) is 30.8 Å². The van der Waals surface area contributed by atoms with Crippen LogP contribution >= 0.6 is 17.0 Å². The van der Waals surface area contributed by atoms with Gasteiger partial charge < -0.3 is 14.5 Å². The number of nitriles is 1. The third-order valence-electron chi connectivity index (χ3n) is 7.96. The van der Waals surface area contributed by atoms with Crippen molar-refractivity contribution in [3.8, 4) is 6.07 Å². The van der Waals surface area contributed by atoms with Gasteiger partial charge in [0.2, 0.25) is 0 Å². The van der Waals surface area contributed by atoms with E-state index in [4.69, 9.17) is 4.74 Å². The average molecular weight is 623 g/mol. The largest absolute Gasteiger partial charge is 0.465 e. The van der Waals surface area contributed by atoms with Gasteiger partial charge in [0, 0.05) is 18.4 Å². The summed E-state index contributed by atoms with van der Waals surface area (Å²) in [5.41, 5.74) is 5.52. The van der Waals surface area contributed by atoms with Crippen molar-refractivity contribution in [1.29, 1.82) is 5.26 Å². The van der Waals surface area contributed by atoms with Crippen LogP contribution in [0.3, 0.4) is 0 Å². The molecule has 0 atom stereocenters.